The van der Waals surface area contributed by atoms with Gasteiger partial charge in [-0.1, -0.05) is 51.0 Å². The molecule has 0 radical (unpaired) electrons. The SMILES string of the molecule is CCCC[C@@H](C)Oc1nc(CC)c(CCCc2cc(O)cc3ccccc23)c(N2CCNCC2)n1. The maximum Gasteiger partial charge on any atom is 0.318 e. The molecule has 0 saturated carbocycles. The number of phenols is 1. The number of unbranched alkanes of at least 4 members (excludes halogenated alkanes) is 1. The number of nitrogens with one attached hydrogen (secondary N) is 1. The van der Waals surface area contributed by atoms with Crippen molar-refractivity contribution in [2.24, 2.45) is 0 Å². The minimum absolute atomic E-state index is 0.111. The lowest BCUT2D eigenvalue weighted by molar-refractivity contribution is 0.189. The van der Waals surface area contributed by atoms with Gasteiger partial charge in [0.1, 0.15) is 11.6 Å². The predicted molar refractivity (Wildman–Crippen MR) is 144 cm³/mol. The topological polar surface area (TPSA) is 70.5 Å². The van der Waals surface area contributed by atoms with Gasteiger partial charge in [-0.05, 0) is 67.5 Å². The highest BCUT2D eigenvalue weighted by Crippen LogP contribution is 2.29. The highest BCUT2D eigenvalue weighted by molar-refractivity contribution is 5.87. The van der Waals surface area contributed by atoms with Gasteiger partial charge in [0, 0.05) is 31.7 Å². The van der Waals surface area contributed by atoms with Crippen LogP contribution in [0, 0.1) is 0 Å². The molecule has 2 heterocycles. The van der Waals surface area contributed by atoms with E-state index in [0.717, 1.165) is 88.0 Å². The third-order valence-corrected chi connectivity index (χ3v) is 6.88. The Hall–Kier alpha value is -2.86. The van der Waals surface area contributed by atoms with E-state index in [1.165, 1.54) is 16.5 Å². The molecule has 0 amide bonds. The van der Waals surface area contributed by atoms with Gasteiger partial charge in [0.25, 0.3) is 0 Å². The second-order valence-corrected chi connectivity index (χ2v) is 9.60. The molecule has 0 spiro atoms. The van der Waals surface area contributed by atoms with Crippen LogP contribution in [0.1, 0.15) is 63.3 Å². The van der Waals surface area contributed by atoms with Gasteiger partial charge in [-0.3, -0.25) is 0 Å². The quantitative estimate of drug-likeness (QED) is 0.384. The molecule has 0 bridgehead atoms. The molecule has 0 unspecified atom stereocenters. The molecule has 0 aliphatic carbocycles. The second kappa shape index (κ2) is 12.2. The number of aromatic hydroxyl groups is 1. The second-order valence-electron chi connectivity index (χ2n) is 9.60. The van der Waals surface area contributed by atoms with E-state index in [0.29, 0.717) is 11.8 Å². The minimum atomic E-state index is 0.111. The number of hydrogen-bond acceptors (Lipinski definition) is 6. The first-order valence-corrected chi connectivity index (χ1v) is 13.3. The van der Waals surface area contributed by atoms with E-state index >= 15 is 0 Å². The molecule has 1 aromatic heterocycles. The third kappa shape index (κ3) is 6.43. The van der Waals surface area contributed by atoms with Gasteiger partial charge < -0.3 is 20.1 Å². The van der Waals surface area contributed by atoms with E-state index in [9.17, 15) is 5.11 Å². The van der Waals surface area contributed by atoms with Crippen LogP contribution in [-0.2, 0) is 19.3 Å². The number of aryl methyl sites for hydroxylation is 2. The lowest BCUT2D eigenvalue weighted by Gasteiger charge is -2.31. The average molecular weight is 477 g/mol. The molecule has 6 nitrogen and oxygen atoms in total. The fourth-order valence-electron chi connectivity index (χ4n) is 5.00. The predicted octanol–water partition coefficient (Wildman–Crippen LogP) is 5.44. The Morgan fingerprint density at radius 3 is 2.63 bits per heavy atom. The number of anilines is 1. The summed E-state index contributed by atoms with van der Waals surface area (Å²) < 4.78 is 6.19. The van der Waals surface area contributed by atoms with Crippen molar-refractivity contribution in [2.45, 2.75) is 71.8 Å². The van der Waals surface area contributed by atoms with Crippen LogP contribution in [-0.4, -0.2) is 47.4 Å². The van der Waals surface area contributed by atoms with Crippen LogP contribution in [0.2, 0.25) is 0 Å². The van der Waals surface area contributed by atoms with Crippen molar-refractivity contribution < 1.29 is 9.84 Å². The molecule has 2 aromatic carbocycles. The number of phenolic OH excluding ortho intramolecular Hbond substituents is 1. The Morgan fingerprint density at radius 2 is 1.86 bits per heavy atom. The maximum absolute atomic E-state index is 10.2. The highest BCUT2D eigenvalue weighted by atomic mass is 16.5. The van der Waals surface area contributed by atoms with Gasteiger partial charge in [-0.2, -0.15) is 9.97 Å². The van der Waals surface area contributed by atoms with Crippen molar-refractivity contribution in [3.8, 4) is 11.8 Å². The highest BCUT2D eigenvalue weighted by Gasteiger charge is 2.22. The van der Waals surface area contributed by atoms with E-state index in [4.69, 9.17) is 14.7 Å². The number of piperazine rings is 1. The summed E-state index contributed by atoms with van der Waals surface area (Å²) in [4.78, 5) is 12.2. The number of nitrogens with zero attached hydrogens (tertiary/aromatic N) is 3. The first kappa shape index (κ1) is 25.2. The number of ether oxygens (including phenoxy) is 1. The molecule has 1 aliphatic heterocycles. The Labute approximate surface area is 209 Å². The monoisotopic (exact) mass is 476 g/mol. The summed E-state index contributed by atoms with van der Waals surface area (Å²) >= 11 is 0. The Bertz CT molecular complexity index is 1110. The van der Waals surface area contributed by atoms with E-state index in [1.807, 2.05) is 18.2 Å². The largest absolute Gasteiger partial charge is 0.508 e. The lowest BCUT2D eigenvalue weighted by atomic mass is 9.97. The smallest absolute Gasteiger partial charge is 0.318 e. The van der Waals surface area contributed by atoms with Gasteiger partial charge in [-0.25, -0.2) is 0 Å². The molecular formula is C29H40N4O2. The van der Waals surface area contributed by atoms with Crippen LogP contribution in [0.15, 0.2) is 36.4 Å². The first-order chi connectivity index (χ1) is 17.1. The number of hydrogen-bond donors (Lipinski definition) is 2. The van der Waals surface area contributed by atoms with Gasteiger partial charge in [-0.15, -0.1) is 0 Å². The van der Waals surface area contributed by atoms with Crippen molar-refractivity contribution in [3.63, 3.8) is 0 Å². The summed E-state index contributed by atoms with van der Waals surface area (Å²) in [6, 6.07) is 12.5. The molecule has 4 rings (SSSR count). The van der Waals surface area contributed by atoms with Gasteiger partial charge in [0.05, 0.1) is 11.8 Å². The Morgan fingerprint density at radius 1 is 1.06 bits per heavy atom. The van der Waals surface area contributed by atoms with Crippen molar-refractivity contribution >= 4 is 16.6 Å². The number of aromatic nitrogens is 2. The van der Waals surface area contributed by atoms with Crippen LogP contribution in [0.3, 0.4) is 0 Å². The van der Waals surface area contributed by atoms with Crippen LogP contribution in [0.5, 0.6) is 11.8 Å². The zero-order valence-corrected chi connectivity index (χ0v) is 21.5. The summed E-state index contributed by atoms with van der Waals surface area (Å²) in [5.41, 5.74) is 3.52. The maximum atomic E-state index is 10.2. The summed E-state index contributed by atoms with van der Waals surface area (Å²) in [7, 11) is 0. The van der Waals surface area contributed by atoms with E-state index in [2.05, 4.69) is 49.2 Å². The van der Waals surface area contributed by atoms with Crippen molar-refractivity contribution in [3.05, 3.63) is 53.2 Å². The molecule has 1 atom stereocenters. The molecule has 1 saturated heterocycles. The number of rotatable bonds is 11. The molecule has 188 valence electrons. The molecule has 6 heteroatoms. The molecule has 35 heavy (non-hydrogen) atoms. The van der Waals surface area contributed by atoms with E-state index in [1.54, 1.807) is 0 Å². The number of fused-ring (bicyclic) bond motifs is 1. The van der Waals surface area contributed by atoms with Crippen LogP contribution >= 0.6 is 0 Å². The fourth-order valence-corrected chi connectivity index (χ4v) is 5.00. The summed E-state index contributed by atoms with van der Waals surface area (Å²) in [5, 5.41) is 16.0. The van der Waals surface area contributed by atoms with Gasteiger partial charge >= 0.3 is 6.01 Å². The van der Waals surface area contributed by atoms with E-state index in [-0.39, 0.29) is 6.10 Å². The standard InChI is InChI=1S/C29H40N4O2/c1-4-6-10-21(3)35-29-31-27(5-2)26(28(32-29)33-17-15-30-16-18-33)14-9-12-23-20-24(34)19-22-11-7-8-13-25(22)23/h7-8,11,13,19-21,30,34H,4-6,9-10,12,14-18H2,1-3H3/t21-/m1/s1. The molecule has 3 aromatic rings. The number of benzene rings is 2. The average Bonchev–Trinajstić information content (AvgIpc) is 2.88. The zero-order chi connectivity index (χ0) is 24.6. The molecule has 2 N–H and O–H groups in total. The lowest BCUT2D eigenvalue weighted by Crippen LogP contribution is -2.44. The van der Waals surface area contributed by atoms with Crippen molar-refractivity contribution in [1.29, 1.82) is 0 Å². The molecular weight excluding hydrogens is 436 g/mol. The minimum Gasteiger partial charge on any atom is -0.508 e. The van der Waals surface area contributed by atoms with Crippen LogP contribution in [0.4, 0.5) is 5.82 Å². The summed E-state index contributed by atoms with van der Waals surface area (Å²) in [5.74, 6) is 1.37. The summed E-state index contributed by atoms with van der Waals surface area (Å²) in [6.07, 6.45) is 7.05. The van der Waals surface area contributed by atoms with Crippen LogP contribution in [0.25, 0.3) is 10.8 Å². The van der Waals surface area contributed by atoms with Gasteiger partial charge in [0.2, 0.25) is 0 Å². The van der Waals surface area contributed by atoms with Gasteiger partial charge in [0.15, 0.2) is 0 Å². The first-order valence-electron chi connectivity index (χ1n) is 13.3. The molecule has 1 fully saturated rings. The van der Waals surface area contributed by atoms with Crippen LogP contribution < -0.4 is 15.0 Å². The zero-order valence-electron chi connectivity index (χ0n) is 21.5. The molecule has 1 aliphatic rings. The Balaban J connectivity index is 1.58. The van der Waals surface area contributed by atoms with Crippen molar-refractivity contribution in [1.82, 2.24) is 15.3 Å². The van der Waals surface area contributed by atoms with E-state index < -0.39 is 0 Å². The Kier molecular flexibility index (Phi) is 8.80. The fraction of sp³-hybridized carbons (Fsp3) is 0.517. The normalized spacial score (nSPS) is 14.9. The summed E-state index contributed by atoms with van der Waals surface area (Å²) in [6.45, 7) is 10.3. The van der Waals surface area contributed by atoms with Crippen molar-refractivity contribution in [2.75, 3.05) is 31.1 Å². The third-order valence-electron chi connectivity index (χ3n) is 6.88.